The molecule has 1 saturated heterocycles. The number of aliphatic hydroxyl groups excluding tert-OH is 1. The Labute approximate surface area is 110 Å². The highest BCUT2D eigenvalue weighted by Crippen LogP contribution is 2.13. The molecule has 18 heavy (non-hydrogen) atoms. The first kappa shape index (κ1) is 13.0. The summed E-state index contributed by atoms with van der Waals surface area (Å²) >= 11 is 5.72. The molecule has 98 valence electrons. The number of amides is 1. The van der Waals surface area contributed by atoms with Crippen LogP contribution in [0.5, 0.6) is 0 Å². The Morgan fingerprint density at radius 3 is 2.67 bits per heavy atom. The summed E-state index contributed by atoms with van der Waals surface area (Å²) in [4.78, 5) is 23.6. The Morgan fingerprint density at radius 1 is 1.33 bits per heavy atom. The molecule has 2 heterocycles. The highest BCUT2D eigenvalue weighted by Gasteiger charge is 2.24. The minimum Gasteiger partial charge on any atom is -0.396 e. The quantitative estimate of drug-likeness (QED) is 0.844. The van der Waals surface area contributed by atoms with E-state index in [0.717, 1.165) is 0 Å². The number of hydrogen-bond donors (Lipinski definition) is 1. The Morgan fingerprint density at radius 2 is 2.06 bits per heavy atom. The predicted molar refractivity (Wildman–Crippen MR) is 67.5 cm³/mol. The van der Waals surface area contributed by atoms with E-state index < -0.39 is 0 Å². The largest absolute Gasteiger partial charge is 0.396 e. The lowest BCUT2D eigenvalue weighted by atomic mass is 10.3. The van der Waals surface area contributed by atoms with Crippen molar-refractivity contribution in [2.24, 2.45) is 0 Å². The van der Waals surface area contributed by atoms with Crippen molar-refractivity contribution in [2.75, 3.05) is 37.7 Å². The van der Waals surface area contributed by atoms with Crippen LogP contribution in [0.15, 0.2) is 12.4 Å². The Bertz CT molecular complexity index is 412. The fraction of sp³-hybridized carbons (Fsp3) is 0.545. The van der Waals surface area contributed by atoms with Gasteiger partial charge in [-0.15, -0.1) is 0 Å². The van der Waals surface area contributed by atoms with Gasteiger partial charge in [0.2, 0.25) is 11.9 Å². The molecule has 1 aliphatic heterocycles. The zero-order valence-corrected chi connectivity index (χ0v) is 10.7. The summed E-state index contributed by atoms with van der Waals surface area (Å²) in [5.74, 6) is 0.558. The van der Waals surface area contributed by atoms with Gasteiger partial charge in [0.1, 0.15) is 0 Å². The molecule has 1 N–H and O–H groups in total. The van der Waals surface area contributed by atoms with Crippen LogP contribution >= 0.6 is 11.6 Å². The van der Waals surface area contributed by atoms with Crippen molar-refractivity contribution in [3.8, 4) is 0 Å². The number of anilines is 1. The lowest BCUT2D eigenvalue weighted by molar-refractivity contribution is -0.131. The van der Waals surface area contributed by atoms with Crippen LogP contribution in [0.4, 0.5) is 5.95 Å². The monoisotopic (exact) mass is 270 g/mol. The number of piperazine rings is 1. The second-order valence-corrected chi connectivity index (χ2v) is 4.52. The van der Waals surface area contributed by atoms with Crippen LogP contribution in [-0.4, -0.2) is 58.7 Å². The average molecular weight is 271 g/mol. The van der Waals surface area contributed by atoms with Crippen molar-refractivity contribution in [2.45, 2.75) is 6.42 Å². The molecule has 1 aliphatic rings. The minimum absolute atomic E-state index is 0.0354. The van der Waals surface area contributed by atoms with Gasteiger partial charge < -0.3 is 14.9 Å². The van der Waals surface area contributed by atoms with E-state index in [1.54, 1.807) is 4.90 Å². The predicted octanol–water partition coefficient (Wildman–Crippen LogP) is 0.161. The fourth-order valence-electron chi connectivity index (χ4n) is 1.85. The lowest BCUT2D eigenvalue weighted by Gasteiger charge is -2.34. The maximum atomic E-state index is 11.9. The summed E-state index contributed by atoms with van der Waals surface area (Å²) < 4.78 is 0. The minimum atomic E-state index is 0.0354. The number of aromatic nitrogens is 2. The molecule has 7 heteroatoms. The van der Waals surface area contributed by atoms with Gasteiger partial charge in [-0.2, -0.15) is 0 Å². The first-order valence-corrected chi connectivity index (χ1v) is 6.19. The zero-order valence-electron chi connectivity index (χ0n) is 9.92. The standard InChI is InChI=1S/C11H15ClN4O2/c12-9-6-13-11(14-7-9)16-4-3-15(2-1-5-17)10(18)8-16/h6-7,17H,1-5,8H2. The van der Waals surface area contributed by atoms with Gasteiger partial charge in [0, 0.05) is 26.2 Å². The van der Waals surface area contributed by atoms with E-state index in [4.69, 9.17) is 16.7 Å². The maximum absolute atomic E-state index is 11.9. The number of hydrogen-bond acceptors (Lipinski definition) is 5. The van der Waals surface area contributed by atoms with Gasteiger partial charge in [-0.3, -0.25) is 4.79 Å². The van der Waals surface area contributed by atoms with Crippen molar-refractivity contribution in [1.82, 2.24) is 14.9 Å². The third-order valence-electron chi connectivity index (χ3n) is 2.79. The third kappa shape index (κ3) is 3.08. The second kappa shape index (κ2) is 5.97. The Hall–Kier alpha value is -1.40. The summed E-state index contributed by atoms with van der Waals surface area (Å²) in [5, 5.41) is 9.24. The molecule has 6 nitrogen and oxygen atoms in total. The molecule has 0 atom stereocenters. The van der Waals surface area contributed by atoms with Crippen molar-refractivity contribution in [3.63, 3.8) is 0 Å². The van der Waals surface area contributed by atoms with E-state index in [9.17, 15) is 4.79 Å². The Balaban J connectivity index is 1.95. The van der Waals surface area contributed by atoms with Crippen molar-refractivity contribution in [3.05, 3.63) is 17.4 Å². The molecule has 0 aliphatic carbocycles. The van der Waals surface area contributed by atoms with E-state index in [-0.39, 0.29) is 19.1 Å². The number of halogens is 1. The van der Waals surface area contributed by atoms with Gasteiger partial charge in [0.25, 0.3) is 0 Å². The van der Waals surface area contributed by atoms with Crippen LogP contribution in [0, 0.1) is 0 Å². The van der Waals surface area contributed by atoms with Crippen LogP contribution in [0.1, 0.15) is 6.42 Å². The molecule has 2 rings (SSSR count). The Kier molecular flexibility index (Phi) is 4.33. The smallest absolute Gasteiger partial charge is 0.242 e. The van der Waals surface area contributed by atoms with Crippen LogP contribution in [0.2, 0.25) is 5.02 Å². The van der Waals surface area contributed by atoms with E-state index in [2.05, 4.69) is 9.97 Å². The average Bonchev–Trinajstić information content (AvgIpc) is 2.38. The van der Waals surface area contributed by atoms with E-state index in [1.165, 1.54) is 12.4 Å². The summed E-state index contributed by atoms with van der Waals surface area (Å²) in [6.45, 7) is 2.30. The summed E-state index contributed by atoms with van der Waals surface area (Å²) in [6.07, 6.45) is 3.65. The molecule has 1 amide bonds. The molecular formula is C11H15ClN4O2. The van der Waals surface area contributed by atoms with E-state index in [0.29, 0.717) is 37.0 Å². The van der Waals surface area contributed by atoms with Crippen LogP contribution in [0.3, 0.4) is 0 Å². The van der Waals surface area contributed by atoms with Crippen molar-refractivity contribution in [1.29, 1.82) is 0 Å². The van der Waals surface area contributed by atoms with Gasteiger partial charge in [0.15, 0.2) is 0 Å². The zero-order chi connectivity index (χ0) is 13.0. The molecule has 0 radical (unpaired) electrons. The molecule has 0 saturated carbocycles. The first-order chi connectivity index (χ1) is 8.70. The summed E-state index contributed by atoms with van der Waals surface area (Å²) in [7, 11) is 0. The van der Waals surface area contributed by atoms with Gasteiger partial charge in [-0.05, 0) is 6.42 Å². The SMILES string of the molecule is O=C1CN(c2ncc(Cl)cn2)CCN1CCCO. The number of carbonyl (C=O) groups excluding carboxylic acids is 1. The molecule has 1 aromatic rings. The number of nitrogens with zero attached hydrogens (tertiary/aromatic N) is 4. The van der Waals surface area contributed by atoms with Gasteiger partial charge in [0.05, 0.1) is 24.0 Å². The summed E-state index contributed by atoms with van der Waals surface area (Å²) in [5.41, 5.74) is 0. The molecule has 1 aromatic heterocycles. The van der Waals surface area contributed by atoms with Crippen LogP contribution in [-0.2, 0) is 4.79 Å². The first-order valence-electron chi connectivity index (χ1n) is 5.82. The van der Waals surface area contributed by atoms with Crippen LogP contribution in [0.25, 0.3) is 0 Å². The molecule has 0 bridgehead atoms. The molecule has 0 unspecified atom stereocenters. The molecule has 0 aromatic carbocycles. The van der Waals surface area contributed by atoms with Gasteiger partial charge in [-0.1, -0.05) is 11.6 Å². The highest BCUT2D eigenvalue weighted by atomic mass is 35.5. The summed E-state index contributed by atoms with van der Waals surface area (Å²) in [6, 6.07) is 0. The van der Waals surface area contributed by atoms with Gasteiger partial charge in [-0.25, -0.2) is 9.97 Å². The topological polar surface area (TPSA) is 69.6 Å². The maximum Gasteiger partial charge on any atom is 0.242 e. The van der Waals surface area contributed by atoms with Gasteiger partial charge >= 0.3 is 0 Å². The van der Waals surface area contributed by atoms with E-state index in [1.807, 2.05) is 4.90 Å². The van der Waals surface area contributed by atoms with Crippen molar-refractivity contribution < 1.29 is 9.90 Å². The number of rotatable bonds is 4. The second-order valence-electron chi connectivity index (χ2n) is 4.08. The molecule has 0 spiro atoms. The number of carbonyl (C=O) groups is 1. The van der Waals surface area contributed by atoms with E-state index >= 15 is 0 Å². The number of aliphatic hydroxyl groups is 1. The normalized spacial score (nSPS) is 16.2. The lowest BCUT2D eigenvalue weighted by Crippen LogP contribution is -2.51. The molecule has 1 fully saturated rings. The third-order valence-corrected chi connectivity index (χ3v) is 2.99. The molecular weight excluding hydrogens is 256 g/mol. The van der Waals surface area contributed by atoms with Crippen molar-refractivity contribution >= 4 is 23.5 Å². The highest BCUT2D eigenvalue weighted by molar-refractivity contribution is 6.30. The fourth-order valence-corrected chi connectivity index (χ4v) is 1.94. The van der Waals surface area contributed by atoms with Crippen LogP contribution < -0.4 is 4.90 Å².